The Hall–Kier alpha value is -0.450. The summed E-state index contributed by atoms with van der Waals surface area (Å²) in [6.07, 6.45) is 0. The molecule has 0 fully saturated rings. The van der Waals surface area contributed by atoms with Crippen molar-refractivity contribution in [3.05, 3.63) is 29.6 Å². The molecule has 0 amide bonds. The average molecular weight is 247 g/mol. The van der Waals surface area contributed by atoms with Crippen LogP contribution in [0.5, 0.6) is 0 Å². The number of aryl methyl sites for hydroxylation is 1. The molecule has 0 N–H and O–H groups in total. The van der Waals surface area contributed by atoms with Gasteiger partial charge >= 0.3 is 0 Å². The van der Waals surface area contributed by atoms with E-state index in [2.05, 4.69) is 4.98 Å². The average Bonchev–Trinajstić information content (AvgIpc) is 1.88. The molecule has 0 atom stereocenters. The zero-order chi connectivity index (χ0) is 7.56. The lowest BCUT2D eigenvalue weighted by atomic mass is 10.3. The van der Waals surface area contributed by atoms with E-state index in [0.717, 1.165) is 5.69 Å². The highest BCUT2D eigenvalue weighted by Crippen LogP contribution is 2.02. The SMILES string of the molecule is Cc1cccc(C(=O)I)n1. The minimum Gasteiger partial charge on any atom is -0.280 e. The standard InChI is InChI=1S/C7H6INO/c1-5-3-2-4-6(9-5)7(8)10/h2-4H,1H3. The maximum absolute atomic E-state index is 10.7. The number of carbonyl (C=O) groups is 1. The molecule has 0 aliphatic rings. The highest BCUT2D eigenvalue weighted by molar-refractivity contribution is 14.1. The number of nitrogens with zero attached hydrogens (tertiary/aromatic N) is 1. The van der Waals surface area contributed by atoms with Crippen molar-refractivity contribution in [2.45, 2.75) is 6.92 Å². The monoisotopic (exact) mass is 247 g/mol. The second-order valence-electron chi connectivity index (χ2n) is 1.94. The van der Waals surface area contributed by atoms with Crippen LogP contribution in [0, 0.1) is 6.92 Å². The molecule has 0 saturated carbocycles. The Morgan fingerprint density at radius 2 is 2.30 bits per heavy atom. The fourth-order valence-corrected chi connectivity index (χ4v) is 0.953. The number of rotatable bonds is 1. The number of hydrogen-bond acceptors (Lipinski definition) is 2. The number of pyridine rings is 1. The van der Waals surface area contributed by atoms with Crippen molar-refractivity contribution in [1.29, 1.82) is 0 Å². The number of carbonyl (C=O) groups excluding carboxylic acids is 1. The summed E-state index contributed by atoms with van der Waals surface area (Å²) in [5.74, 6) is 0. The van der Waals surface area contributed by atoms with E-state index in [0.29, 0.717) is 5.69 Å². The van der Waals surface area contributed by atoms with Crippen LogP contribution < -0.4 is 0 Å². The van der Waals surface area contributed by atoms with Gasteiger partial charge in [-0.1, -0.05) is 6.07 Å². The van der Waals surface area contributed by atoms with E-state index in [1.807, 2.05) is 19.1 Å². The number of hydrogen-bond donors (Lipinski definition) is 0. The Kier molecular flexibility index (Phi) is 2.37. The summed E-state index contributed by atoms with van der Waals surface area (Å²) >= 11 is 1.72. The normalized spacial score (nSPS) is 9.40. The van der Waals surface area contributed by atoms with Crippen LogP contribution in [0.1, 0.15) is 16.2 Å². The van der Waals surface area contributed by atoms with Gasteiger partial charge in [0.25, 0.3) is 0 Å². The van der Waals surface area contributed by atoms with Gasteiger partial charge in [-0.2, -0.15) is 0 Å². The van der Waals surface area contributed by atoms with Crippen molar-refractivity contribution in [1.82, 2.24) is 4.98 Å². The molecule has 0 spiro atoms. The zero-order valence-corrected chi connectivity index (χ0v) is 7.62. The first kappa shape index (κ1) is 7.65. The summed E-state index contributed by atoms with van der Waals surface area (Å²) in [7, 11) is 0. The van der Waals surface area contributed by atoms with Gasteiger partial charge in [0, 0.05) is 28.3 Å². The summed E-state index contributed by atoms with van der Waals surface area (Å²) in [4.78, 5) is 14.7. The minimum atomic E-state index is -0.0127. The molecule has 0 aliphatic heterocycles. The summed E-state index contributed by atoms with van der Waals surface area (Å²) in [5.41, 5.74) is 1.41. The van der Waals surface area contributed by atoms with Crippen molar-refractivity contribution in [3.63, 3.8) is 0 Å². The summed E-state index contributed by atoms with van der Waals surface area (Å²) in [5, 5.41) is 0. The van der Waals surface area contributed by atoms with E-state index < -0.39 is 0 Å². The highest BCUT2D eigenvalue weighted by atomic mass is 127. The molecule has 1 aromatic heterocycles. The van der Waals surface area contributed by atoms with Gasteiger partial charge in [0.15, 0.2) is 0 Å². The lowest BCUT2D eigenvalue weighted by Crippen LogP contribution is -1.93. The van der Waals surface area contributed by atoms with Gasteiger partial charge < -0.3 is 0 Å². The van der Waals surface area contributed by atoms with Gasteiger partial charge in [-0.3, -0.25) is 4.79 Å². The maximum Gasteiger partial charge on any atom is 0.240 e. The first-order valence-corrected chi connectivity index (χ1v) is 3.91. The Morgan fingerprint density at radius 3 is 2.70 bits per heavy atom. The zero-order valence-electron chi connectivity index (χ0n) is 5.47. The molecule has 0 radical (unpaired) electrons. The topological polar surface area (TPSA) is 30.0 Å². The van der Waals surface area contributed by atoms with Crippen molar-refractivity contribution in [2.24, 2.45) is 0 Å². The molecule has 0 unspecified atom stereocenters. The van der Waals surface area contributed by atoms with E-state index in [9.17, 15) is 4.79 Å². The molecule has 3 heteroatoms. The van der Waals surface area contributed by atoms with Crippen LogP contribution in [0.2, 0.25) is 0 Å². The number of aromatic nitrogens is 1. The fourth-order valence-electron chi connectivity index (χ4n) is 0.653. The second-order valence-corrected chi connectivity index (χ2v) is 2.92. The molecule has 0 bridgehead atoms. The van der Waals surface area contributed by atoms with Crippen LogP contribution in [0.4, 0.5) is 0 Å². The molecule has 1 aromatic rings. The van der Waals surface area contributed by atoms with Gasteiger partial charge in [0.2, 0.25) is 3.79 Å². The van der Waals surface area contributed by atoms with Gasteiger partial charge in [-0.05, 0) is 19.1 Å². The van der Waals surface area contributed by atoms with Crippen LogP contribution in [0.15, 0.2) is 18.2 Å². The summed E-state index contributed by atoms with van der Waals surface area (Å²) in [6, 6.07) is 5.40. The summed E-state index contributed by atoms with van der Waals surface area (Å²) in [6.45, 7) is 1.86. The predicted octanol–water partition coefficient (Wildman–Crippen LogP) is 1.97. The van der Waals surface area contributed by atoms with Crippen molar-refractivity contribution in [3.8, 4) is 0 Å². The number of halogens is 1. The third kappa shape index (κ3) is 1.76. The van der Waals surface area contributed by atoms with Crippen LogP contribution in [0.3, 0.4) is 0 Å². The Bertz CT molecular complexity index is 260. The van der Waals surface area contributed by atoms with Crippen LogP contribution in [-0.2, 0) is 0 Å². The molecule has 0 aromatic carbocycles. The third-order valence-electron chi connectivity index (χ3n) is 1.09. The Labute approximate surface area is 72.8 Å². The molecule has 1 heterocycles. The first-order valence-electron chi connectivity index (χ1n) is 2.83. The van der Waals surface area contributed by atoms with Crippen LogP contribution >= 0.6 is 22.6 Å². The highest BCUT2D eigenvalue weighted by Gasteiger charge is 1.99. The largest absolute Gasteiger partial charge is 0.280 e. The molecule has 2 nitrogen and oxygen atoms in total. The predicted molar refractivity (Wildman–Crippen MR) is 47.3 cm³/mol. The van der Waals surface area contributed by atoms with Crippen LogP contribution in [-0.4, -0.2) is 8.77 Å². The lowest BCUT2D eigenvalue weighted by molar-refractivity contribution is 0.110. The van der Waals surface area contributed by atoms with E-state index in [1.54, 1.807) is 28.7 Å². The maximum atomic E-state index is 10.7. The molecular formula is C7H6INO. The van der Waals surface area contributed by atoms with Gasteiger partial charge in [-0.15, -0.1) is 0 Å². The second kappa shape index (κ2) is 3.09. The van der Waals surface area contributed by atoms with Crippen molar-refractivity contribution < 1.29 is 4.79 Å². The van der Waals surface area contributed by atoms with E-state index >= 15 is 0 Å². The molecule has 10 heavy (non-hydrogen) atoms. The van der Waals surface area contributed by atoms with Gasteiger partial charge in [-0.25, -0.2) is 4.98 Å². The molecule has 52 valence electrons. The smallest absolute Gasteiger partial charge is 0.240 e. The summed E-state index contributed by atoms with van der Waals surface area (Å²) < 4.78 is -0.0127. The van der Waals surface area contributed by atoms with Gasteiger partial charge in [0.05, 0.1) is 0 Å². The third-order valence-corrected chi connectivity index (χ3v) is 1.64. The van der Waals surface area contributed by atoms with Crippen molar-refractivity contribution in [2.75, 3.05) is 0 Å². The van der Waals surface area contributed by atoms with Crippen molar-refractivity contribution >= 4 is 26.4 Å². The van der Waals surface area contributed by atoms with Crippen LogP contribution in [0.25, 0.3) is 0 Å². The van der Waals surface area contributed by atoms with E-state index in [4.69, 9.17) is 0 Å². The molecule has 0 aliphatic carbocycles. The lowest BCUT2D eigenvalue weighted by Gasteiger charge is -1.92. The fraction of sp³-hybridized carbons (Fsp3) is 0.143. The quantitative estimate of drug-likeness (QED) is 0.560. The first-order chi connectivity index (χ1) is 4.70. The minimum absolute atomic E-state index is 0.0127. The van der Waals surface area contributed by atoms with E-state index in [1.165, 1.54) is 0 Å². The molecule has 0 saturated heterocycles. The van der Waals surface area contributed by atoms with E-state index in [-0.39, 0.29) is 3.79 Å². The molecular weight excluding hydrogens is 241 g/mol. The Balaban J connectivity index is 3.07. The molecule has 1 rings (SSSR count). The Morgan fingerprint density at radius 1 is 1.60 bits per heavy atom. The van der Waals surface area contributed by atoms with Gasteiger partial charge in [0.1, 0.15) is 5.69 Å².